The van der Waals surface area contributed by atoms with Gasteiger partial charge in [0.25, 0.3) is 0 Å². The second-order valence-electron chi connectivity index (χ2n) is 7.61. The van der Waals surface area contributed by atoms with E-state index >= 15 is 0 Å². The monoisotopic (exact) mass is 311 g/mol. The molecule has 4 heteroatoms. The summed E-state index contributed by atoms with van der Waals surface area (Å²) in [6.07, 6.45) is 10.7. The normalized spacial score (nSPS) is 20.1. The number of hydrogen-bond acceptors (Lipinski definition) is 2. The van der Waals surface area contributed by atoms with Crippen LogP contribution in [0.3, 0.4) is 0 Å². The van der Waals surface area contributed by atoms with Crippen molar-refractivity contribution in [3.63, 3.8) is 0 Å². The topological polar surface area (TPSA) is 70.6 Å². The van der Waals surface area contributed by atoms with Crippen molar-refractivity contribution in [3.05, 3.63) is 0 Å². The van der Waals surface area contributed by atoms with Crippen molar-refractivity contribution in [2.75, 3.05) is 13.2 Å². The summed E-state index contributed by atoms with van der Waals surface area (Å²) in [7, 11) is 0. The molecule has 0 amide bonds. The number of nitrogens with one attached hydrogen (secondary N) is 1. The molecule has 0 heterocycles. The SMILES string of the molecule is CC(C)CCCC(C)NC(N)=NCC1(CCO)CCCCC1. The highest BCUT2D eigenvalue weighted by Crippen LogP contribution is 2.39. The zero-order chi connectivity index (χ0) is 16.4. The summed E-state index contributed by atoms with van der Waals surface area (Å²) in [6, 6.07) is 0.377. The Morgan fingerprint density at radius 3 is 2.45 bits per heavy atom. The first-order valence-electron chi connectivity index (χ1n) is 9.15. The molecular formula is C18H37N3O. The Bertz CT molecular complexity index is 317. The van der Waals surface area contributed by atoms with Crippen LogP contribution in [0.25, 0.3) is 0 Å². The van der Waals surface area contributed by atoms with E-state index in [1.807, 2.05) is 0 Å². The number of rotatable bonds is 9. The van der Waals surface area contributed by atoms with Crippen LogP contribution in [-0.4, -0.2) is 30.3 Å². The highest BCUT2D eigenvalue weighted by molar-refractivity contribution is 5.78. The zero-order valence-electron chi connectivity index (χ0n) is 14.9. The first-order valence-corrected chi connectivity index (χ1v) is 9.15. The minimum Gasteiger partial charge on any atom is -0.396 e. The van der Waals surface area contributed by atoms with E-state index in [1.165, 1.54) is 44.9 Å². The average Bonchev–Trinajstić information content (AvgIpc) is 2.46. The number of aliphatic imine (C=N–C) groups is 1. The second kappa shape index (κ2) is 10.1. The quantitative estimate of drug-likeness (QED) is 0.451. The van der Waals surface area contributed by atoms with Crippen LogP contribution in [0.15, 0.2) is 4.99 Å². The third kappa shape index (κ3) is 7.48. The fourth-order valence-corrected chi connectivity index (χ4v) is 3.48. The fourth-order valence-electron chi connectivity index (χ4n) is 3.48. The molecule has 130 valence electrons. The van der Waals surface area contributed by atoms with Gasteiger partial charge in [-0.3, -0.25) is 4.99 Å². The number of aliphatic hydroxyl groups is 1. The van der Waals surface area contributed by atoms with Crippen molar-refractivity contribution in [2.24, 2.45) is 22.1 Å². The lowest BCUT2D eigenvalue weighted by atomic mass is 9.72. The Morgan fingerprint density at radius 2 is 1.86 bits per heavy atom. The summed E-state index contributed by atoms with van der Waals surface area (Å²) in [6.45, 7) is 7.71. The Kier molecular flexibility index (Phi) is 8.84. The van der Waals surface area contributed by atoms with E-state index in [1.54, 1.807) is 0 Å². The predicted molar refractivity (Wildman–Crippen MR) is 95.0 cm³/mol. The van der Waals surface area contributed by atoms with Gasteiger partial charge in [0.05, 0.1) is 0 Å². The van der Waals surface area contributed by atoms with Gasteiger partial charge in [-0.15, -0.1) is 0 Å². The maximum atomic E-state index is 9.34. The van der Waals surface area contributed by atoms with Gasteiger partial charge in [0.1, 0.15) is 0 Å². The van der Waals surface area contributed by atoms with E-state index in [0.29, 0.717) is 12.0 Å². The third-order valence-corrected chi connectivity index (χ3v) is 4.95. The number of hydrogen-bond donors (Lipinski definition) is 3. The lowest BCUT2D eigenvalue weighted by Gasteiger charge is -2.35. The summed E-state index contributed by atoms with van der Waals surface area (Å²) in [4.78, 5) is 4.59. The van der Waals surface area contributed by atoms with E-state index in [9.17, 15) is 5.11 Å². The van der Waals surface area contributed by atoms with Gasteiger partial charge in [-0.05, 0) is 43.9 Å². The molecule has 0 spiro atoms. The maximum Gasteiger partial charge on any atom is 0.188 e. The van der Waals surface area contributed by atoms with Gasteiger partial charge < -0.3 is 16.2 Å². The van der Waals surface area contributed by atoms with Gasteiger partial charge in [0.15, 0.2) is 5.96 Å². The van der Waals surface area contributed by atoms with Gasteiger partial charge >= 0.3 is 0 Å². The molecular weight excluding hydrogens is 274 g/mol. The van der Waals surface area contributed by atoms with Crippen LogP contribution in [0, 0.1) is 11.3 Å². The molecule has 0 aromatic heterocycles. The van der Waals surface area contributed by atoms with Crippen LogP contribution < -0.4 is 11.1 Å². The molecule has 0 aliphatic heterocycles. The van der Waals surface area contributed by atoms with Crippen molar-refractivity contribution in [2.45, 2.75) is 84.6 Å². The Labute approximate surface area is 137 Å². The first-order chi connectivity index (χ1) is 10.5. The Balaban J connectivity index is 2.39. The zero-order valence-corrected chi connectivity index (χ0v) is 14.9. The summed E-state index contributed by atoms with van der Waals surface area (Å²) < 4.78 is 0. The van der Waals surface area contributed by atoms with E-state index < -0.39 is 0 Å². The molecule has 0 aromatic rings. The van der Waals surface area contributed by atoms with Crippen LogP contribution >= 0.6 is 0 Å². The molecule has 1 fully saturated rings. The van der Waals surface area contributed by atoms with Crippen molar-refractivity contribution in [1.82, 2.24) is 5.32 Å². The molecule has 0 aromatic carbocycles. The Hall–Kier alpha value is -0.770. The minimum atomic E-state index is 0.181. The lowest BCUT2D eigenvalue weighted by Crippen LogP contribution is -2.40. The van der Waals surface area contributed by atoms with Crippen molar-refractivity contribution in [1.29, 1.82) is 0 Å². The van der Waals surface area contributed by atoms with Crippen molar-refractivity contribution >= 4 is 5.96 Å². The smallest absolute Gasteiger partial charge is 0.188 e. The van der Waals surface area contributed by atoms with E-state index in [2.05, 4.69) is 31.1 Å². The molecule has 1 rings (SSSR count). The molecule has 0 bridgehead atoms. The number of guanidine groups is 1. The number of nitrogens with zero attached hydrogens (tertiary/aromatic N) is 1. The first kappa shape index (κ1) is 19.3. The van der Waals surface area contributed by atoms with E-state index in [4.69, 9.17) is 5.73 Å². The second-order valence-corrected chi connectivity index (χ2v) is 7.61. The molecule has 1 saturated carbocycles. The minimum absolute atomic E-state index is 0.181. The van der Waals surface area contributed by atoms with E-state index in [-0.39, 0.29) is 12.0 Å². The van der Waals surface area contributed by atoms with E-state index in [0.717, 1.165) is 25.3 Å². The van der Waals surface area contributed by atoms with Crippen molar-refractivity contribution in [3.8, 4) is 0 Å². The largest absolute Gasteiger partial charge is 0.396 e. The van der Waals surface area contributed by atoms with Crippen LogP contribution in [0.1, 0.15) is 78.6 Å². The van der Waals surface area contributed by atoms with Gasteiger partial charge in [-0.2, -0.15) is 0 Å². The fraction of sp³-hybridized carbons (Fsp3) is 0.944. The van der Waals surface area contributed by atoms with Crippen molar-refractivity contribution < 1.29 is 5.11 Å². The molecule has 22 heavy (non-hydrogen) atoms. The van der Waals surface area contributed by atoms with Crippen LogP contribution in [-0.2, 0) is 0 Å². The van der Waals surface area contributed by atoms with Gasteiger partial charge in [0, 0.05) is 19.2 Å². The summed E-state index contributed by atoms with van der Waals surface area (Å²) >= 11 is 0. The molecule has 1 aliphatic rings. The van der Waals surface area contributed by atoms with Crippen LogP contribution in [0.2, 0.25) is 0 Å². The highest BCUT2D eigenvalue weighted by Gasteiger charge is 2.31. The predicted octanol–water partition coefficient (Wildman–Crippen LogP) is 3.44. The van der Waals surface area contributed by atoms with Crippen LogP contribution in [0.4, 0.5) is 0 Å². The maximum absolute atomic E-state index is 9.34. The Morgan fingerprint density at radius 1 is 1.18 bits per heavy atom. The van der Waals surface area contributed by atoms with Gasteiger partial charge in [0.2, 0.25) is 0 Å². The summed E-state index contributed by atoms with van der Waals surface area (Å²) in [5.41, 5.74) is 6.24. The average molecular weight is 312 g/mol. The molecule has 1 atom stereocenters. The lowest BCUT2D eigenvalue weighted by molar-refractivity contribution is 0.137. The number of nitrogens with two attached hydrogens (primary N) is 1. The molecule has 4 N–H and O–H groups in total. The third-order valence-electron chi connectivity index (χ3n) is 4.95. The van der Waals surface area contributed by atoms with Gasteiger partial charge in [-0.1, -0.05) is 46.0 Å². The molecule has 0 saturated heterocycles. The summed E-state index contributed by atoms with van der Waals surface area (Å²) in [5, 5.41) is 12.7. The molecule has 1 aliphatic carbocycles. The molecule has 4 nitrogen and oxygen atoms in total. The molecule has 1 unspecified atom stereocenters. The molecule has 0 radical (unpaired) electrons. The highest BCUT2D eigenvalue weighted by atomic mass is 16.3. The standard InChI is InChI=1S/C18H37N3O/c1-15(2)8-7-9-16(3)21-17(19)20-14-18(12-13-22)10-5-4-6-11-18/h15-16,22H,4-14H2,1-3H3,(H3,19,20,21). The van der Waals surface area contributed by atoms with Crippen LogP contribution in [0.5, 0.6) is 0 Å². The van der Waals surface area contributed by atoms with Gasteiger partial charge in [-0.25, -0.2) is 0 Å². The number of aliphatic hydroxyl groups excluding tert-OH is 1. The summed E-state index contributed by atoms with van der Waals surface area (Å²) in [5.74, 6) is 1.34.